The average molecular weight is 352 g/mol. The van der Waals surface area contributed by atoms with Gasteiger partial charge in [0, 0.05) is 25.2 Å². The van der Waals surface area contributed by atoms with Crippen molar-refractivity contribution in [3.05, 3.63) is 29.8 Å². The van der Waals surface area contributed by atoms with E-state index in [2.05, 4.69) is 0 Å². The Morgan fingerprint density at radius 3 is 2.21 bits per heavy atom. The molecule has 0 radical (unpaired) electrons. The molecular formula is C16H20N2O5S. The van der Waals surface area contributed by atoms with E-state index in [-0.39, 0.29) is 10.8 Å². The summed E-state index contributed by atoms with van der Waals surface area (Å²) in [5, 5.41) is 9.17. The van der Waals surface area contributed by atoms with Crippen LogP contribution in [0.25, 0.3) is 0 Å². The molecule has 1 N–H and O–H groups in total. The molecule has 1 amide bonds. The normalized spacial score (nSPS) is 22.0. The Hall–Kier alpha value is -1.93. The number of carboxylic acid groups (broad SMARTS) is 1. The van der Waals surface area contributed by atoms with Gasteiger partial charge in [-0.2, -0.15) is 4.31 Å². The van der Waals surface area contributed by atoms with E-state index in [0.29, 0.717) is 38.0 Å². The number of rotatable bonds is 4. The minimum atomic E-state index is -3.51. The van der Waals surface area contributed by atoms with Gasteiger partial charge in [-0.3, -0.25) is 4.79 Å². The Morgan fingerprint density at radius 2 is 1.62 bits per heavy atom. The summed E-state index contributed by atoms with van der Waals surface area (Å²) in [5.41, 5.74) is 0.309. The number of nitrogens with zero attached hydrogens (tertiary/aromatic N) is 2. The van der Waals surface area contributed by atoms with E-state index in [9.17, 15) is 23.1 Å². The molecule has 1 aromatic rings. The van der Waals surface area contributed by atoms with Gasteiger partial charge in [0.2, 0.25) is 10.0 Å². The summed E-state index contributed by atoms with van der Waals surface area (Å²) in [6.07, 6.45) is 2.83. The van der Waals surface area contributed by atoms with Gasteiger partial charge in [-0.05, 0) is 49.9 Å². The van der Waals surface area contributed by atoms with E-state index in [0.717, 1.165) is 12.8 Å². The largest absolute Gasteiger partial charge is 0.480 e. The second-order valence-corrected chi connectivity index (χ2v) is 8.07. The fraction of sp³-hybridized carbons (Fsp3) is 0.500. The minimum absolute atomic E-state index is 0.164. The zero-order valence-electron chi connectivity index (χ0n) is 13.2. The van der Waals surface area contributed by atoms with Crippen LogP contribution in [0.4, 0.5) is 0 Å². The molecule has 1 atom stereocenters. The van der Waals surface area contributed by atoms with Crippen LogP contribution in [0.1, 0.15) is 36.0 Å². The third-order valence-electron chi connectivity index (χ3n) is 4.60. The summed E-state index contributed by atoms with van der Waals surface area (Å²) in [6.45, 7) is 1.46. The fourth-order valence-corrected chi connectivity index (χ4v) is 4.80. The lowest BCUT2D eigenvalue weighted by atomic mass is 10.1. The molecule has 0 saturated carbocycles. The third-order valence-corrected chi connectivity index (χ3v) is 6.52. The van der Waals surface area contributed by atoms with Gasteiger partial charge in [0.05, 0.1) is 4.90 Å². The highest BCUT2D eigenvalue weighted by Crippen LogP contribution is 2.23. The van der Waals surface area contributed by atoms with Crippen molar-refractivity contribution in [1.29, 1.82) is 0 Å². The highest BCUT2D eigenvalue weighted by Gasteiger charge is 2.34. The molecule has 2 heterocycles. The van der Waals surface area contributed by atoms with E-state index in [1.165, 1.54) is 33.5 Å². The maximum atomic E-state index is 12.5. The number of sulfonamides is 1. The Morgan fingerprint density at radius 1 is 1.00 bits per heavy atom. The first-order valence-electron chi connectivity index (χ1n) is 8.05. The predicted octanol–water partition coefficient (Wildman–Crippen LogP) is 1.16. The Kier molecular flexibility index (Phi) is 4.60. The Bertz CT molecular complexity index is 738. The van der Waals surface area contributed by atoms with Gasteiger partial charge in [-0.1, -0.05) is 0 Å². The molecule has 2 saturated heterocycles. The number of carboxylic acids is 1. The van der Waals surface area contributed by atoms with Crippen molar-refractivity contribution >= 4 is 21.9 Å². The maximum Gasteiger partial charge on any atom is 0.326 e. The van der Waals surface area contributed by atoms with E-state index >= 15 is 0 Å². The number of aliphatic carboxylic acids is 1. The second-order valence-electron chi connectivity index (χ2n) is 6.13. The van der Waals surface area contributed by atoms with Crippen LogP contribution in [0.2, 0.25) is 0 Å². The summed E-state index contributed by atoms with van der Waals surface area (Å²) in [6, 6.07) is 4.97. The lowest BCUT2D eigenvalue weighted by Crippen LogP contribution is -2.40. The van der Waals surface area contributed by atoms with Crippen LogP contribution in [0.5, 0.6) is 0 Å². The van der Waals surface area contributed by atoms with Gasteiger partial charge in [0.15, 0.2) is 0 Å². The van der Waals surface area contributed by atoms with Crippen molar-refractivity contribution in [3.8, 4) is 0 Å². The number of hydrogen-bond acceptors (Lipinski definition) is 4. The van der Waals surface area contributed by atoms with E-state index in [1.54, 1.807) is 0 Å². The second kappa shape index (κ2) is 6.52. The van der Waals surface area contributed by atoms with Gasteiger partial charge < -0.3 is 10.0 Å². The number of carbonyl (C=O) groups is 2. The summed E-state index contributed by atoms with van der Waals surface area (Å²) in [5.74, 6) is -1.38. The standard InChI is InChI=1S/C16H20N2O5S/c19-15(18-11-3-4-14(18)16(20)21)12-5-7-13(8-6-12)24(22,23)17-9-1-2-10-17/h5-8,14H,1-4,9-11H2,(H,20,21). The Labute approximate surface area is 140 Å². The van der Waals surface area contributed by atoms with Crippen LogP contribution in [0.15, 0.2) is 29.2 Å². The van der Waals surface area contributed by atoms with E-state index in [4.69, 9.17) is 0 Å². The molecule has 1 aromatic carbocycles. The molecule has 1 unspecified atom stereocenters. The lowest BCUT2D eigenvalue weighted by molar-refractivity contribution is -0.141. The highest BCUT2D eigenvalue weighted by molar-refractivity contribution is 7.89. The summed E-state index contributed by atoms with van der Waals surface area (Å²) < 4.78 is 26.4. The summed E-state index contributed by atoms with van der Waals surface area (Å²) in [4.78, 5) is 25.2. The molecule has 0 spiro atoms. The van der Waals surface area contributed by atoms with Gasteiger partial charge in [0.1, 0.15) is 6.04 Å². The third kappa shape index (κ3) is 3.03. The number of likely N-dealkylation sites (tertiary alicyclic amines) is 1. The lowest BCUT2D eigenvalue weighted by Gasteiger charge is -2.21. The molecule has 0 bridgehead atoms. The van der Waals surface area contributed by atoms with Crippen molar-refractivity contribution < 1.29 is 23.1 Å². The van der Waals surface area contributed by atoms with Gasteiger partial charge in [-0.15, -0.1) is 0 Å². The first kappa shape index (κ1) is 16.9. The molecule has 7 nitrogen and oxygen atoms in total. The SMILES string of the molecule is O=C(O)C1CCCN1C(=O)c1ccc(S(=O)(=O)N2CCCC2)cc1. The molecule has 0 aromatic heterocycles. The van der Waals surface area contributed by atoms with Crippen LogP contribution in [-0.4, -0.2) is 60.3 Å². The van der Waals surface area contributed by atoms with Gasteiger partial charge >= 0.3 is 5.97 Å². The first-order chi connectivity index (χ1) is 11.4. The van der Waals surface area contributed by atoms with Crippen molar-refractivity contribution in [2.24, 2.45) is 0 Å². The monoisotopic (exact) mass is 352 g/mol. The van der Waals surface area contributed by atoms with Crippen LogP contribution >= 0.6 is 0 Å². The molecule has 3 rings (SSSR count). The first-order valence-corrected chi connectivity index (χ1v) is 9.49. The maximum absolute atomic E-state index is 12.5. The molecule has 0 aliphatic carbocycles. The zero-order chi connectivity index (χ0) is 17.3. The number of carbonyl (C=O) groups excluding carboxylic acids is 1. The smallest absolute Gasteiger partial charge is 0.326 e. The highest BCUT2D eigenvalue weighted by atomic mass is 32.2. The van der Waals surface area contributed by atoms with Crippen molar-refractivity contribution in [1.82, 2.24) is 9.21 Å². The molecule has 130 valence electrons. The molecule has 2 aliphatic rings. The van der Waals surface area contributed by atoms with E-state index in [1.807, 2.05) is 0 Å². The summed E-state index contributed by atoms with van der Waals surface area (Å²) in [7, 11) is -3.51. The average Bonchev–Trinajstić information content (AvgIpc) is 3.25. The van der Waals surface area contributed by atoms with Crippen LogP contribution in [-0.2, 0) is 14.8 Å². The molecular weight excluding hydrogens is 332 g/mol. The Balaban J connectivity index is 1.79. The quantitative estimate of drug-likeness (QED) is 0.877. The van der Waals surface area contributed by atoms with Gasteiger partial charge in [-0.25, -0.2) is 13.2 Å². The predicted molar refractivity (Wildman–Crippen MR) is 86.1 cm³/mol. The zero-order valence-corrected chi connectivity index (χ0v) is 14.0. The van der Waals surface area contributed by atoms with Crippen molar-refractivity contribution in [3.63, 3.8) is 0 Å². The number of amides is 1. The molecule has 2 fully saturated rings. The van der Waals surface area contributed by atoms with Crippen molar-refractivity contribution in [2.75, 3.05) is 19.6 Å². The number of hydrogen-bond donors (Lipinski definition) is 1. The molecule has 2 aliphatic heterocycles. The van der Waals surface area contributed by atoms with Crippen LogP contribution < -0.4 is 0 Å². The van der Waals surface area contributed by atoms with Gasteiger partial charge in [0.25, 0.3) is 5.91 Å². The molecule has 8 heteroatoms. The topological polar surface area (TPSA) is 95.0 Å². The summed E-state index contributed by atoms with van der Waals surface area (Å²) >= 11 is 0. The van der Waals surface area contributed by atoms with Crippen molar-refractivity contribution in [2.45, 2.75) is 36.6 Å². The number of benzene rings is 1. The molecule has 24 heavy (non-hydrogen) atoms. The fourth-order valence-electron chi connectivity index (χ4n) is 3.28. The van der Waals surface area contributed by atoms with Crippen LogP contribution in [0, 0.1) is 0 Å². The minimum Gasteiger partial charge on any atom is -0.480 e. The van der Waals surface area contributed by atoms with E-state index < -0.39 is 22.0 Å². The van der Waals surface area contributed by atoms with Crippen LogP contribution in [0.3, 0.4) is 0 Å².